The van der Waals surface area contributed by atoms with Gasteiger partial charge < -0.3 is 25.4 Å². The minimum absolute atomic E-state index is 0.0523. The van der Waals surface area contributed by atoms with Crippen molar-refractivity contribution in [1.82, 2.24) is 0 Å². The van der Waals surface area contributed by atoms with E-state index in [1.807, 2.05) is 0 Å². The first-order valence-electron chi connectivity index (χ1n) is 7.73. The Balaban J connectivity index is 2.03. The van der Waals surface area contributed by atoms with E-state index in [2.05, 4.69) is 10.5 Å². The van der Waals surface area contributed by atoms with Crippen molar-refractivity contribution in [3.8, 4) is 11.5 Å². The van der Waals surface area contributed by atoms with Gasteiger partial charge in [0.05, 0.1) is 19.9 Å². The number of rotatable bonds is 7. The fraction of sp³-hybridized carbons (Fsp3) is 0.222. The minimum atomic E-state index is -0.978. The Kier molecular flexibility index (Phi) is 6.37. The van der Waals surface area contributed by atoms with E-state index in [1.54, 1.807) is 24.3 Å². The zero-order valence-corrected chi connectivity index (χ0v) is 14.7. The molecule has 0 saturated carbocycles. The summed E-state index contributed by atoms with van der Waals surface area (Å²) in [6.45, 7) is 1.47. The number of ether oxygens (including phenoxy) is 2. The second-order valence-corrected chi connectivity index (χ2v) is 5.26. The monoisotopic (exact) mass is 361 g/mol. The minimum Gasteiger partial charge on any atom is -0.493 e. The lowest BCUT2D eigenvalue weighted by Crippen LogP contribution is -2.27. The predicted molar refractivity (Wildman–Crippen MR) is 95.8 cm³/mol. The van der Waals surface area contributed by atoms with Crippen LogP contribution < -0.4 is 20.5 Å². The molecule has 0 saturated heterocycles. The van der Waals surface area contributed by atoms with Gasteiger partial charge in [-0.1, -0.05) is 17.3 Å². The third-order valence-electron chi connectivity index (χ3n) is 3.49. The molecule has 138 valence electrons. The summed E-state index contributed by atoms with van der Waals surface area (Å²) in [4.78, 5) is 17.2. The Morgan fingerprint density at radius 3 is 2.50 bits per heavy atom. The molecule has 1 amide bonds. The Bertz CT molecular complexity index is 811. The van der Waals surface area contributed by atoms with E-state index in [0.29, 0.717) is 17.1 Å². The molecule has 0 spiro atoms. The van der Waals surface area contributed by atoms with Gasteiger partial charge in [-0.3, -0.25) is 4.79 Å². The number of hydrogen-bond acceptors (Lipinski definition) is 5. The largest absolute Gasteiger partial charge is 0.493 e. The molecule has 3 N–H and O–H groups in total. The van der Waals surface area contributed by atoms with E-state index in [4.69, 9.17) is 20.0 Å². The third kappa shape index (κ3) is 4.62. The summed E-state index contributed by atoms with van der Waals surface area (Å²) in [7, 11) is 3.02. The number of carbonyl (C=O) groups excluding carboxylic acids is 1. The Labute approximate surface area is 150 Å². The zero-order chi connectivity index (χ0) is 19.1. The molecule has 2 aromatic carbocycles. The van der Waals surface area contributed by atoms with Crippen LogP contribution in [0.3, 0.4) is 0 Å². The molecule has 0 aliphatic heterocycles. The maximum atomic E-state index is 13.6. The SMILES string of the molecule is COc1ccc(/C(N)=N\O[C@H](C)C(=O)Nc2ccccc2F)cc1OC. The number of amides is 1. The maximum absolute atomic E-state index is 13.6. The maximum Gasteiger partial charge on any atom is 0.268 e. The summed E-state index contributed by atoms with van der Waals surface area (Å²) < 4.78 is 23.9. The highest BCUT2D eigenvalue weighted by molar-refractivity contribution is 5.98. The van der Waals surface area contributed by atoms with Crippen molar-refractivity contribution >= 4 is 17.4 Å². The molecule has 0 aromatic heterocycles. The molecule has 8 heteroatoms. The molecule has 0 fully saturated rings. The van der Waals surface area contributed by atoms with Crippen molar-refractivity contribution < 1.29 is 23.5 Å². The molecule has 0 heterocycles. The Morgan fingerprint density at radius 2 is 1.85 bits per heavy atom. The number of oxime groups is 1. The second-order valence-electron chi connectivity index (χ2n) is 5.26. The van der Waals surface area contributed by atoms with Crippen molar-refractivity contribution in [3.05, 3.63) is 53.8 Å². The number of methoxy groups -OCH3 is 2. The van der Waals surface area contributed by atoms with Crippen LogP contribution in [0.2, 0.25) is 0 Å². The van der Waals surface area contributed by atoms with Crippen LogP contribution in [-0.4, -0.2) is 32.1 Å². The summed E-state index contributed by atoms with van der Waals surface area (Å²) in [5, 5.41) is 6.18. The Hall–Kier alpha value is -3.29. The molecule has 0 aliphatic carbocycles. The van der Waals surface area contributed by atoms with Crippen LogP contribution in [0.4, 0.5) is 10.1 Å². The molecule has 2 rings (SSSR count). The molecular weight excluding hydrogens is 341 g/mol. The highest BCUT2D eigenvalue weighted by Gasteiger charge is 2.16. The van der Waals surface area contributed by atoms with Crippen molar-refractivity contribution in [1.29, 1.82) is 0 Å². The molecule has 0 unspecified atom stereocenters. The standard InChI is InChI=1S/C18H20FN3O4/c1-11(18(23)21-14-7-5-4-6-13(14)19)26-22-17(20)12-8-9-15(24-2)16(10-12)25-3/h4-11H,1-3H3,(H2,20,22)(H,21,23)/t11-/m1/s1. The lowest BCUT2D eigenvalue weighted by atomic mass is 10.2. The lowest BCUT2D eigenvalue weighted by Gasteiger charge is -2.12. The van der Waals surface area contributed by atoms with Gasteiger partial charge in [-0.05, 0) is 37.3 Å². The van der Waals surface area contributed by atoms with Crippen LogP contribution in [0.15, 0.2) is 47.6 Å². The van der Waals surface area contributed by atoms with E-state index in [9.17, 15) is 9.18 Å². The van der Waals surface area contributed by atoms with E-state index in [0.717, 1.165) is 0 Å². The summed E-state index contributed by atoms with van der Waals surface area (Å²) in [5.74, 6) is -0.0204. The number of amidine groups is 1. The average molecular weight is 361 g/mol. The third-order valence-corrected chi connectivity index (χ3v) is 3.49. The number of nitrogens with zero attached hydrogens (tertiary/aromatic N) is 1. The number of hydrogen-bond donors (Lipinski definition) is 2. The Morgan fingerprint density at radius 1 is 1.15 bits per heavy atom. The number of carbonyl (C=O) groups is 1. The van der Waals surface area contributed by atoms with Crippen molar-refractivity contribution in [3.63, 3.8) is 0 Å². The van der Waals surface area contributed by atoms with E-state index >= 15 is 0 Å². The lowest BCUT2D eigenvalue weighted by molar-refractivity contribution is -0.126. The van der Waals surface area contributed by atoms with Crippen LogP contribution >= 0.6 is 0 Å². The molecule has 0 bridgehead atoms. The molecule has 2 aromatic rings. The van der Waals surface area contributed by atoms with Crippen LogP contribution in [0.5, 0.6) is 11.5 Å². The molecule has 1 atom stereocenters. The summed E-state index contributed by atoms with van der Waals surface area (Å²) in [6, 6.07) is 10.8. The van der Waals surface area contributed by atoms with Gasteiger partial charge in [0.2, 0.25) is 6.10 Å². The van der Waals surface area contributed by atoms with Gasteiger partial charge in [-0.15, -0.1) is 0 Å². The highest BCUT2D eigenvalue weighted by Crippen LogP contribution is 2.27. The van der Waals surface area contributed by atoms with E-state index in [-0.39, 0.29) is 11.5 Å². The van der Waals surface area contributed by atoms with Gasteiger partial charge in [0, 0.05) is 5.56 Å². The molecule has 7 nitrogen and oxygen atoms in total. The van der Waals surface area contributed by atoms with Gasteiger partial charge in [0.25, 0.3) is 5.91 Å². The van der Waals surface area contributed by atoms with Crippen LogP contribution in [-0.2, 0) is 9.63 Å². The fourth-order valence-electron chi connectivity index (χ4n) is 2.03. The fourth-order valence-corrected chi connectivity index (χ4v) is 2.03. The van der Waals surface area contributed by atoms with Gasteiger partial charge in [-0.2, -0.15) is 0 Å². The van der Waals surface area contributed by atoms with E-state index in [1.165, 1.54) is 39.3 Å². The summed E-state index contributed by atoms with van der Waals surface area (Å²) >= 11 is 0. The first kappa shape index (κ1) is 19.0. The van der Waals surface area contributed by atoms with Crippen molar-refractivity contribution in [2.45, 2.75) is 13.0 Å². The smallest absolute Gasteiger partial charge is 0.268 e. The normalized spacial score (nSPS) is 12.2. The number of halogens is 1. The summed E-state index contributed by atoms with van der Waals surface area (Å²) in [6.07, 6.45) is -0.978. The predicted octanol–water partition coefficient (Wildman–Crippen LogP) is 2.51. The van der Waals surface area contributed by atoms with Gasteiger partial charge in [-0.25, -0.2) is 4.39 Å². The van der Waals surface area contributed by atoms with Gasteiger partial charge in [0.15, 0.2) is 17.3 Å². The molecule has 0 aliphatic rings. The first-order valence-corrected chi connectivity index (χ1v) is 7.73. The van der Waals surface area contributed by atoms with Crippen LogP contribution in [0.25, 0.3) is 0 Å². The van der Waals surface area contributed by atoms with Crippen LogP contribution in [0, 0.1) is 5.82 Å². The number of para-hydroxylation sites is 1. The number of benzene rings is 2. The summed E-state index contributed by atoms with van der Waals surface area (Å²) in [5.41, 5.74) is 6.46. The van der Waals surface area contributed by atoms with Crippen molar-refractivity contribution in [2.24, 2.45) is 10.9 Å². The number of anilines is 1. The van der Waals surface area contributed by atoms with E-state index < -0.39 is 17.8 Å². The topological polar surface area (TPSA) is 95.2 Å². The van der Waals surface area contributed by atoms with Gasteiger partial charge in [0.1, 0.15) is 5.82 Å². The zero-order valence-electron chi connectivity index (χ0n) is 14.7. The second kappa shape index (κ2) is 8.70. The first-order chi connectivity index (χ1) is 12.5. The van der Waals surface area contributed by atoms with Crippen molar-refractivity contribution in [2.75, 3.05) is 19.5 Å². The molecular formula is C18H20FN3O4. The van der Waals surface area contributed by atoms with Gasteiger partial charge >= 0.3 is 0 Å². The number of nitrogens with two attached hydrogens (primary N) is 1. The van der Waals surface area contributed by atoms with Crippen LogP contribution in [0.1, 0.15) is 12.5 Å². The average Bonchev–Trinajstić information content (AvgIpc) is 2.66. The quantitative estimate of drug-likeness (QED) is 0.449. The highest BCUT2D eigenvalue weighted by atomic mass is 19.1. The molecule has 26 heavy (non-hydrogen) atoms. The number of nitrogens with one attached hydrogen (secondary N) is 1. The molecule has 0 radical (unpaired) electrons.